The Morgan fingerprint density at radius 1 is 0.966 bits per heavy atom. The first kappa shape index (κ1) is 18.1. The quantitative estimate of drug-likeness (QED) is 0.715. The van der Waals surface area contributed by atoms with Crippen LogP contribution in [0.5, 0.6) is 0 Å². The average Bonchev–Trinajstić information content (AvgIpc) is 3.19. The van der Waals surface area contributed by atoms with Crippen LogP contribution >= 0.6 is 11.6 Å². The van der Waals surface area contributed by atoms with Crippen molar-refractivity contribution < 1.29 is 14.7 Å². The third kappa shape index (κ3) is 2.64. The second kappa shape index (κ2) is 6.55. The van der Waals surface area contributed by atoms with Crippen LogP contribution in [0.2, 0.25) is 5.02 Å². The van der Waals surface area contributed by atoms with E-state index in [1.807, 2.05) is 36.4 Å². The highest BCUT2D eigenvalue weighted by Crippen LogP contribution is 2.49. The number of para-hydroxylation sites is 1. The van der Waals surface area contributed by atoms with Crippen LogP contribution in [-0.2, 0) is 23.4 Å². The molecule has 144 valence electrons. The average molecular weight is 404 g/mol. The zero-order valence-electron chi connectivity index (χ0n) is 15.5. The summed E-state index contributed by atoms with van der Waals surface area (Å²) in [7, 11) is 0. The van der Waals surface area contributed by atoms with Crippen molar-refractivity contribution in [3.63, 3.8) is 0 Å². The van der Waals surface area contributed by atoms with E-state index in [1.54, 1.807) is 41.3 Å². The number of carbonyl (C=O) groups excluding carboxylic acids is 2. The number of benzene rings is 3. The summed E-state index contributed by atoms with van der Waals surface area (Å²) < 4.78 is 0. The van der Waals surface area contributed by atoms with Gasteiger partial charge in [0, 0.05) is 16.1 Å². The molecule has 1 aliphatic carbocycles. The lowest BCUT2D eigenvalue weighted by molar-refractivity contribution is -0.140. The summed E-state index contributed by atoms with van der Waals surface area (Å²) in [6.07, 6.45) is 0.348. The molecule has 1 heterocycles. The molecule has 3 aromatic rings. The Bertz CT molecular complexity index is 1140. The van der Waals surface area contributed by atoms with Gasteiger partial charge in [0.25, 0.3) is 5.91 Å². The van der Waals surface area contributed by atoms with Gasteiger partial charge >= 0.3 is 0 Å². The molecule has 0 fully saturated rings. The van der Waals surface area contributed by atoms with Crippen molar-refractivity contribution in [1.82, 2.24) is 0 Å². The van der Waals surface area contributed by atoms with Crippen LogP contribution in [0.25, 0.3) is 0 Å². The van der Waals surface area contributed by atoms with E-state index < -0.39 is 17.4 Å². The molecular weight excluding hydrogens is 386 g/mol. The number of amides is 1. The zero-order chi connectivity index (χ0) is 20.2. The van der Waals surface area contributed by atoms with Crippen molar-refractivity contribution in [3.05, 3.63) is 100 Å². The highest BCUT2D eigenvalue weighted by Gasteiger charge is 2.58. The maximum absolute atomic E-state index is 13.5. The molecule has 0 bridgehead atoms. The number of carbonyl (C=O) groups is 2. The predicted molar refractivity (Wildman–Crippen MR) is 111 cm³/mol. The van der Waals surface area contributed by atoms with E-state index in [0.717, 1.165) is 11.1 Å². The molecule has 0 saturated carbocycles. The molecule has 0 aromatic heterocycles. The number of rotatable bonds is 3. The molecule has 1 amide bonds. The van der Waals surface area contributed by atoms with Crippen LogP contribution in [0.1, 0.15) is 27.0 Å². The number of fused-ring (bicyclic) bond motifs is 2. The highest BCUT2D eigenvalue weighted by atomic mass is 35.5. The van der Waals surface area contributed by atoms with Crippen LogP contribution in [0.4, 0.5) is 5.69 Å². The van der Waals surface area contributed by atoms with Gasteiger partial charge in [0.2, 0.25) is 0 Å². The molecule has 2 unspecified atom stereocenters. The number of halogens is 1. The van der Waals surface area contributed by atoms with Crippen LogP contribution in [0, 0.1) is 5.92 Å². The molecule has 1 N–H and O–H groups in total. The van der Waals surface area contributed by atoms with E-state index in [2.05, 4.69) is 0 Å². The van der Waals surface area contributed by atoms with Crippen molar-refractivity contribution >= 4 is 29.0 Å². The molecule has 2 atom stereocenters. The summed E-state index contributed by atoms with van der Waals surface area (Å²) >= 11 is 5.97. The normalized spacial score (nSPS) is 22.7. The molecule has 0 saturated heterocycles. The van der Waals surface area contributed by atoms with Gasteiger partial charge in [-0.25, -0.2) is 0 Å². The van der Waals surface area contributed by atoms with Gasteiger partial charge in [0.15, 0.2) is 11.4 Å². The number of hydrogen-bond acceptors (Lipinski definition) is 3. The summed E-state index contributed by atoms with van der Waals surface area (Å²) in [6, 6.07) is 21.7. The van der Waals surface area contributed by atoms with E-state index in [-0.39, 0.29) is 5.78 Å². The van der Waals surface area contributed by atoms with E-state index in [9.17, 15) is 14.7 Å². The maximum Gasteiger partial charge on any atom is 0.264 e. The molecule has 1 aliphatic heterocycles. The van der Waals surface area contributed by atoms with Crippen LogP contribution < -0.4 is 4.90 Å². The summed E-state index contributed by atoms with van der Waals surface area (Å²) in [5, 5.41) is 12.3. The molecule has 2 aliphatic rings. The standard InChI is InChI=1S/C24H18ClNO3/c25-17-11-9-15(10-12-17)14-26-21-8-4-3-7-19(21)24(29,23(26)28)20-13-16-5-1-2-6-18(16)22(20)27/h1-12,20,29H,13-14H2. The second-order valence-corrected chi connectivity index (χ2v) is 8.02. The SMILES string of the molecule is O=C1c2ccccc2CC1C1(O)C(=O)N(Cc2ccc(Cl)cc2)c2ccccc21. The fraction of sp³-hybridized carbons (Fsp3) is 0.167. The Labute approximate surface area is 173 Å². The monoisotopic (exact) mass is 403 g/mol. The lowest BCUT2D eigenvalue weighted by Gasteiger charge is -2.28. The largest absolute Gasteiger partial charge is 0.375 e. The lowest BCUT2D eigenvalue weighted by Crippen LogP contribution is -2.47. The van der Waals surface area contributed by atoms with Gasteiger partial charge in [-0.15, -0.1) is 0 Å². The number of hydrogen-bond donors (Lipinski definition) is 1. The van der Waals surface area contributed by atoms with Gasteiger partial charge in [-0.3, -0.25) is 9.59 Å². The number of ketones is 1. The van der Waals surface area contributed by atoms with Crippen molar-refractivity contribution in [2.75, 3.05) is 4.90 Å². The van der Waals surface area contributed by atoms with Gasteiger partial charge < -0.3 is 10.0 Å². The Kier molecular flexibility index (Phi) is 4.09. The Morgan fingerprint density at radius 2 is 1.66 bits per heavy atom. The lowest BCUT2D eigenvalue weighted by atomic mass is 9.79. The summed E-state index contributed by atoms with van der Waals surface area (Å²) in [4.78, 5) is 28.2. The van der Waals surface area contributed by atoms with Crippen LogP contribution in [0.15, 0.2) is 72.8 Å². The topological polar surface area (TPSA) is 57.6 Å². The third-order valence-electron chi connectivity index (χ3n) is 5.96. The number of Topliss-reactive ketones (excluding diaryl/α,β-unsaturated/α-hetero) is 1. The maximum atomic E-state index is 13.5. The first-order chi connectivity index (χ1) is 14.0. The van der Waals surface area contributed by atoms with Crippen molar-refractivity contribution in [3.8, 4) is 0 Å². The molecule has 5 rings (SSSR count). The molecular formula is C24H18ClNO3. The van der Waals surface area contributed by atoms with E-state index in [1.165, 1.54) is 0 Å². The molecule has 3 aromatic carbocycles. The molecule has 4 nitrogen and oxygen atoms in total. The molecule has 5 heteroatoms. The smallest absolute Gasteiger partial charge is 0.264 e. The molecule has 0 radical (unpaired) electrons. The van der Waals surface area contributed by atoms with Gasteiger partial charge in [-0.2, -0.15) is 0 Å². The van der Waals surface area contributed by atoms with Crippen molar-refractivity contribution in [2.24, 2.45) is 5.92 Å². The zero-order valence-corrected chi connectivity index (χ0v) is 16.3. The Balaban J connectivity index is 1.57. The number of anilines is 1. The van der Waals surface area contributed by atoms with Gasteiger partial charge in [0.1, 0.15) is 0 Å². The minimum Gasteiger partial charge on any atom is -0.375 e. The van der Waals surface area contributed by atoms with Crippen LogP contribution in [-0.4, -0.2) is 16.8 Å². The molecule has 29 heavy (non-hydrogen) atoms. The third-order valence-corrected chi connectivity index (χ3v) is 6.21. The van der Waals surface area contributed by atoms with Gasteiger partial charge in [0.05, 0.1) is 18.2 Å². The van der Waals surface area contributed by atoms with Crippen molar-refractivity contribution in [2.45, 2.75) is 18.6 Å². The van der Waals surface area contributed by atoms with Gasteiger partial charge in [-0.1, -0.05) is 66.2 Å². The minimum atomic E-state index is -1.88. The highest BCUT2D eigenvalue weighted by molar-refractivity contribution is 6.30. The fourth-order valence-electron chi connectivity index (χ4n) is 4.50. The van der Waals surface area contributed by atoms with Crippen molar-refractivity contribution in [1.29, 1.82) is 0 Å². The Hall–Kier alpha value is -2.95. The van der Waals surface area contributed by atoms with E-state index >= 15 is 0 Å². The summed E-state index contributed by atoms with van der Waals surface area (Å²) in [5.74, 6) is -1.47. The summed E-state index contributed by atoms with van der Waals surface area (Å²) in [5.41, 5.74) is 1.61. The Morgan fingerprint density at radius 3 is 2.41 bits per heavy atom. The fourth-order valence-corrected chi connectivity index (χ4v) is 4.63. The van der Waals surface area contributed by atoms with E-state index in [0.29, 0.717) is 34.8 Å². The second-order valence-electron chi connectivity index (χ2n) is 7.58. The predicted octanol–water partition coefficient (Wildman–Crippen LogP) is 4.13. The molecule has 0 spiro atoms. The summed E-state index contributed by atoms with van der Waals surface area (Å²) in [6.45, 7) is 0.295. The first-order valence-electron chi connectivity index (χ1n) is 9.50. The van der Waals surface area contributed by atoms with E-state index in [4.69, 9.17) is 11.6 Å². The minimum absolute atomic E-state index is 0.181. The van der Waals surface area contributed by atoms with Crippen LogP contribution in [0.3, 0.4) is 0 Å². The number of aliphatic hydroxyl groups is 1. The van der Waals surface area contributed by atoms with Gasteiger partial charge in [-0.05, 0) is 35.7 Å². The number of nitrogens with zero attached hydrogens (tertiary/aromatic N) is 1. The first-order valence-corrected chi connectivity index (χ1v) is 9.88.